The highest BCUT2D eigenvalue weighted by molar-refractivity contribution is 6.06. The molecule has 2 aromatic heterocycles. The summed E-state index contributed by atoms with van der Waals surface area (Å²) in [4.78, 5) is 28.4. The van der Waals surface area contributed by atoms with Crippen LogP contribution in [0.4, 0.5) is 5.82 Å². The number of carbonyl (C=O) groups is 1. The fraction of sp³-hybridized carbons (Fsp3) is 0.703. The van der Waals surface area contributed by atoms with Gasteiger partial charge in [-0.05, 0) is 31.7 Å². The van der Waals surface area contributed by atoms with Gasteiger partial charge in [0.1, 0.15) is 23.5 Å². The molecule has 7 nitrogen and oxygen atoms in total. The molecule has 0 radical (unpaired) electrons. The molecule has 7 heteroatoms. The molecule has 1 amide bonds. The van der Waals surface area contributed by atoms with Gasteiger partial charge in [0.05, 0.1) is 5.52 Å². The van der Waals surface area contributed by atoms with Crippen LogP contribution in [0.5, 0.6) is 0 Å². The number of nitrogens with zero attached hydrogens (tertiary/aromatic N) is 3. The number of pyridine rings is 1. The second kappa shape index (κ2) is 21.8. The molecule has 0 aliphatic carbocycles. The maximum atomic E-state index is 12.3. The van der Waals surface area contributed by atoms with Crippen molar-refractivity contribution in [3.05, 3.63) is 30.1 Å². The summed E-state index contributed by atoms with van der Waals surface area (Å²) in [6.45, 7) is 5.75. The number of benzene rings is 1. The Kier molecular flexibility index (Phi) is 17.7. The average molecular weight is 608 g/mol. The van der Waals surface area contributed by atoms with Gasteiger partial charge in [-0.15, -0.1) is 0 Å². The lowest BCUT2D eigenvalue weighted by Gasteiger charge is -2.13. The van der Waals surface area contributed by atoms with Crippen LogP contribution < -0.4 is 15.5 Å². The zero-order valence-electron chi connectivity index (χ0n) is 28.2. The number of hydrogen-bond acceptors (Lipinski definition) is 5. The van der Waals surface area contributed by atoms with Crippen molar-refractivity contribution in [2.24, 2.45) is 0 Å². The van der Waals surface area contributed by atoms with Gasteiger partial charge in [0.15, 0.2) is 5.82 Å². The molecule has 3 rings (SSSR count). The lowest BCUT2D eigenvalue weighted by Crippen LogP contribution is -2.24. The summed E-state index contributed by atoms with van der Waals surface area (Å²) in [5.74, 6) is 1.89. The van der Waals surface area contributed by atoms with E-state index in [4.69, 9.17) is 14.8 Å². The Morgan fingerprint density at radius 2 is 1.36 bits per heavy atom. The van der Waals surface area contributed by atoms with Gasteiger partial charge in [-0.3, -0.25) is 4.79 Å². The van der Waals surface area contributed by atoms with E-state index in [1.165, 1.54) is 83.5 Å². The number of nitrogens with one attached hydrogen (secondary N) is 2. The van der Waals surface area contributed by atoms with Crippen molar-refractivity contribution < 1.29 is 9.63 Å². The lowest BCUT2D eigenvalue weighted by molar-refractivity contribution is -0.121. The second-order valence-corrected chi connectivity index (χ2v) is 12.4. The van der Waals surface area contributed by atoms with Gasteiger partial charge < -0.3 is 15.5 Å². The maximum Gasteiger partial charge on any atom is 0.219 e. The predicted molar refractivity (Wildman–Crippen MR) is 186 cm³/mol. The van der Waals surface area contributed by atoms with Crippen LogP contribution in [0, 0.1) is 0 Å². The van der Waals surface area contributed by atoms with Gasteiger partial charge in [-0.25, -0.2) is 9.97 Å². The van der Waals surface area contributed by atoms with Crippen molar-refractivity contribution in [1.82, 2.24) is 20.0 Å². The van der Waals surface area contributed by atoms with E-state index in [9.17, 15) is 4.79 Å². The molecule has 0 fully saturated rings. The van der Waals surface area contributed by atoms with Gasteiger partial charge in [0.2, 0.25) is 5.91 Å². The highest BCUT2D eigenvalue weighted by Crippen LogP contribution is 2.30. The van der Waals surface area contributed by atoms with Crippen LogP contribution in [0.2, 0.25) is 0 Å². The van der Waals surface area contributed by atoms with Crippen LogP contribution in [0.1, 0.15) is 148 Å². The SMILES string of the molecule is CCCCCCCCCCCCCCCCCC(=O)NCCCCOn1c(CCCC)nc2c(NC)nc3ccccc3c21. The van der Waals surface area contributed by atoms with Crippen LogP contribution in [0.15, 0.2) is 24.3 Å². The van der Waals surface area contributed by atoms with Crippen molar-refractivity contribution in [2.75, 3.05) is 25.5 Å². The van der Waals surface area contributed by atoms with E-state index in [-0.39, 0.29) is 5.91 Å². The Bertz CT molecular complexity index is 1210. The number of amides is 1. The Labute approximate surface area is 267 Å². The van der Waals surface area contributed by atoms with Crippen LogP contribution >= 0.6 is 0 Å². The maximum absolute atomic E-state index is 12.3. The monoisotopic (exact) mass is 607 g/mol. The number of imidazole rings is 1. The minimum absolute atomic E-state index is 0.182. The topological polar surface area (TPSA) is 81.1 Å². The minimum atomic E-state index is 0.182. The fourth-order valence-corrected chi connectivity index (χ4v) is 5.96. The predicted octanol–water partition coefficient (Wildman–Crippen LogP) is 9.56. The van der Waals surface area contributed by atoms with E-state index in [2.05, 4.69) is 30.5 Å². The summed E-state index contributed by atoms with van der Waals surface area (Å²) < 4.78 is 1.94. The van der Waals surface area contributed by atoms with Crippen molar-refractivity contribution >= 4 is 33.7 Å². The summed E-state index contributed by atoms with van der Waals surface area (Å²) in [5, 5.41) is 7.36. The molecule has 44 heavy (non-hydrogen) atoms. The number of hydrogen-bond donors (Lipinski definition) is 2. The molecule has 3 aromatic rings. The molecule has 0 bridgehead atoms. The van der Waals surface area contributed by atoms with E-state index in [1.54, 1.807) is 0 Å². The Morgan fingerprint density at radius 3 is 2.00 bits per heavy atom. The van der Waals surface area contributed by atoms with E-state index < -0.39 is 0 Å². The van der Waals surface area contributed by atoms with Crippen molar-refractivity contribution in [1.29, 1.82) is 0 Å². The number of anilines is 1. The first-order valence-electron chi connectivity index (χ1n) is 18.1. The molecule has 0 unspecified atom stereocenters. The number of aryl methyl sites for hydroxylation is 1. The van der Waals surface area contributed by atoms with Crippen LogP contribution in [-0.2, 0) is 11.2 Å². The first kappa shape index (κ1) is 35.6. The summed E-state index contributed by atoms with van der Waals surface area (Å²) in [7, 11) is 1.89. The van der Waals surface area contributed by atoms with Crippen LogP contribution in [-0.4, -0.2) is 40.8 Å². The Morgan fingerprint density at radius 1 is 0.750 bits per heavy atom. The standard InChI is InChI=1S/C37H61N5O2/c1-4-6-8-9-10-11-12-13-14-15-16-17-18-19-20-28-34(43)39-29-23-24-30-44-42-33(27-7-5-2)41-35-36(42)31-25-21-22-26-32(31)40-37(35)38-3/h21-22,25-26H,4-20,23-24,27-30H2,1-3H3,(H,38,40)(H,39,43). The fourth-order valence-electron chi connectivity index (χ4n) is 5.96. The summed E-state index contributed by atoms with van der Waals surface area (Å²) in [6, 6.07) is 8.16. The first-order chi connectivity index (χ1) is 21.7. The third kappa shape index (κ3) is 12.3. The number of unbranched alkanes of at least 4 members (excludes halogenated alkanes) is 16. The Hall–Kier alpha value is -2.83. The van der Waals surface area contributed by atoms with Crippen molar-refractivity contribution in [3.8, 4) is 0 Å². The molecule has 0 spiro atoms. The van der Waals surface area contributed by atoms with E-state index in [0.717, 1.165) is 78.5 Å². The van der Waals surface area contributed by atoms with E-state index >= 15 is 0 Å². The van der Waals surface area contributed by atoms with Gasteiger partial charge >= 0.3 is 0 Å². The summed E-state index contributed by atoms with van der Waals surface area (Å²) in [5.41, 5.74) is 2.75. The summed E-state index contributed by atoms with van der Waals surface area (Å²) >= 11 is 0. The van der Waals surface area contributed by atoms with Crippen LogP contribution in [0.25, 0.3) is 21.9 Å². The third-order valence-corrected chi connectivity index (χ3v) is 8.63. The molecule has 0 aliphatic rings. The van der Waals surface area contributed by atoms with Gasteiger partial charge in [0, 0.05) is 31.8 Å². The molecule has 0 atom stereocenters. The van der Waals surface area contributed by atoms with Gasteiger partial charge in [-0.1, -0.05) is 128 Å². The molecule has 0 saturated carbocycles. The number of carbonyl (C=O) groups excluding carboxylic acids is 1. The quantitative estimate of drug-likeness (QED) is 0.0888. The Balaban J connectivity index is 1.26. The molecule has 0 saturated heterocycles. The molecule has 2 heterocycles. The highest BCUT2D eigenvalue weighted by Gasteiger charge is 2.19. The van der Waals surface area contributed by atoms with Crippen molar-refractivity contribution in [2.45, 2.75) is 149 Å². The molecule has 0 aliphatic heterocycles. The van der Waals surface area contributed by atoms with Crippen LogP contribution in [0.3, 0.4) is 0 Å². The largest absolute Gasteiger partial charge is 0.412 e. The summed E-state index contributed by atoms with van der Waals surface area (Å²) in [6.07, 6.45) is 25.6. The smallest absolute Gasteiger partial charge is 0.219 e. The average Bonchev–Trinajstić information content (AvgIpc) is 3.41. The minimum Gasteiger partial charge on any atom is -0.412 e. The normalized spacial score (nSPS) is 11.4. The number of para-hydroxylation sites is 1. The first-order valence-corrected chi connectivity index (χ1v) is 18.1. The van der Waals surface area contributed by atoms with E-state index in [1.807, 2.05) is 30.0 Å². The molecule has 246 valence electrons. The molecule has 1 aromatic carbocycles. The second-order valence-electron chi connectivity index (χ2n) is 12.4. The van der Waals surface area contributed by atoms with E-state index in [0.29, 0.717) is 19.6 Å². The molecular formula is C37H61N5O2. The third-order valence-electron chi connectivity index (χ3n) is 8.63. The van der Waals surface area contributed by atoms with Crippen molar-refractivity contribution in [3.63, 3.8) is 0 Å². The zero-order valence-corrected chi connectivity index (χ0v) is 28.2. The molecular weight excluding hydrogens is 546 g/mol. The number of aromatic nitrogens is 3. The lowest BCUT2D eigenvalue weighted by atomic mass is 10.0. The number of rotatable bonds is 26. The zero-order chi connectivity index (χ0) is 31.2. The highest BCUT2D eigenvalue weighted by atomic mass is 16.7. The van der Waals surface area contributed by atoms with Gasteiger partial charge in [0.25, 0.3) is 0 Å². The number of fused-ring (bicyclic) bond motifs is 3. The molecule has 2 N–H and O–H groups in total. The van der Waals surface area contributed by atoms with Gasteiger partial charge in [-0.2, -0.15) is 4.73 Å².